The number of carbonyl (C=O) groups is 2. The van der Waals surface area contributed by atoms with Gasteiger partial charge in [-0.15, -0.1) is 0 Å². The fraction of sp³-hybridized carbons (Fsp3) is 0.462. The van der Waals surface area contributed by atoms with Crippen molar-refractivity contribution >= 4 is 17.9 Å². The Labute approximate surface area is 226 Å². The molecule has 1 heterocycles. The van der Waals surface area contributed by atoms with Crippen LogP contribution in [0.3, 0.4) is 0 Å². The molecular weight excluding hydrogens is 550 g/mol. The maximum Gasteiger partial charge on any atom is 0.416 e. The van der Waals surface area contributed by atoms with E-state index in [1.54, 1.807) is 13.8 Å². The first kappa shape index (κ1) is 30.7. The van der Waals surface area contributed by atoms with Crippen LogP contribution in [0, 0.1) is 0 Å². The molecule has 0 radical (unpaired) electrons. The highest BCUT2D eigenvalue weighted by atomic mass is 19.4. The molecule has 14 heteroatoms. The van der Waals surface area contributed by atoms with Crippen LogP contribution in [-0.4, -0.2) is 51.1 Å². The van der Waals surface area contributed by atoms with Gasteiger partial charge >= 0.3 is 24.5 Å². The quantitative estimate of drug-likeness (QED) is 0.351. The Hall–Kier alpha value is -3.84. The summed E-state index contributed by atoms with van der Waals surface area (Å²) < 4.78 is 102. The van der Waals surface area contributed by atoms with Crippen LogP contribution in [-0.2, 0) is 28.4 Å². The highest BCUT2D eigenvalue weighted by molar-refractivity contribution is 5.91. The maximum absolute atomic E-state index is 13.5. The minimum Gasteiger partial charge on any atom is -0.493 e. The van der Waals surface area contributed by atoms with E-state index in [1.807, 2.05) is 0 Å². The summed E-state index contributed by atoms with van der Waals surface area (Å²) in [5.41, 5.74) is -2.88. The molecule has 220 valence electrons. The van der Waals surface area contributed by atoms with Gasteiger partial charge in [0.15, 0.2) is 11.5 Å². The van der Waals surface area contributed by atoms with Gasteiger partial charge in [0.05, 0.1) is 50.8 Å². The van der Waals surface area contributed by atoms with E-state index >= 15 is 0 Å². The van der Waals surface area contributed by atoms with Crippen molar-refractivity contribution in [3.8, 4) is 11.5 Å². The summed E-state index contributed by atoms with van der Waals surface area (Å²) in [5.74, 6) is 0.452. The third-order valence-electron chi connectivity index (χ3n) is 6.41. The van der Waals surface area contributed by atoms with Gasteiger partial charge in [0, 0.05) is 24.2 Å². The zero-order valence-corrected chi connectivity index (χ0v) is 22.3. The van der Waals surface area contributed by atoms with Gasteiger partial charge in [-0.1, -0.05) is 0 Å². The van der Waals surface area contributed by atoms with Crippen LogP contribution in [0.1, 0.15) is 48.6 Å². The van der Waals surface area contributed by atoms with Crippen LogP contribution in [0.2, 0.25) is 0 Å². The lowest BCUT2D eigenvalue weighted by molar-refractivity contribution is -0.143. The number of hydrogen-bond donors (Lipinski definition) is 0. The van der Waals surface area contributed by atoms with Gasteiger partial charge in [0.1, 0.15) is 0 Å². The average molecular weight is 579 g/mol. The van der Waals surface area contributed by atoms with Crippen molar-refractivity contribution in [2.75, 3.05) is 32.8 Å². The number of fused-ring (bicyclic) bond motifs is 1. The molecular formula is C26H28F6N2O6. The zero-order valence-electron chi connectivity index (χ0n) is 22.3. The second kappa shape index (κ2) is 11.7. The predicted molar refractivity (Wildman–Crippen MR) is 130 cm³/mol. The number of methoxy groups -OCH3 is 3. The van der Waals surface area contributed by atoms with Crippen molar-refractivity contribution in [3.63, 3.8) is 0 Å². The highest BCUT2D eigenvalue weighted by Gasteiger charge is 2.41. The van der Waals surface area contributed by atoms with Crippen LogP contribution in [0.25, 0.3) is 0 Å². The van der Waals surface area contributed by atoms with Crippen LogP contribution in [0.15, 0.2) is 30.3 Å². The number of nitrogens with zero attached hydrogens (tertiary/aromatic N) is 2. The lowest BCUT2D eigenvalue weighted by Crippen LogP contribution is -2.47. The average Bonchev–Trinajstić information content (AvgIpc) is 2.89. The van der Waals surface area contributed by atoms with E-state index in [2.05, 4.69) is 0 Å². The fourth-order valence-electron chi connectivity index (χ4n) is 4.65. The molecule has 0 N–H and O–H groups in total. The summed E-state index contributed by atoms with van der Waals surface area (Å²) in [4.78, 5) is 28.2. The summed E-state index contributed by atoms with van der Waals surface area (Å²) >= 11 is 0. The Balaban J connectivity index is 2.20. The molecule has 2 aromatic rings. The van der Waals surface area contributed by atoms with Gasteiger partial charge in [0.25, 0.3) is 0 Å². The molecule has 2 atom stereocenters. The Morgan fingerprint density at radius 2 is 1.48 bits per heavy atom. The van der Waals surface area contributed by atoms with Gasteiger partial charge in [-0.2, -0.15) is 26.3 Å². The summed E-state index contributed by atoms with van der Waals surface area (Å²) in [6.07, 6.45) is -11.8. The number of hydrogen-bond acceptors (Lipinski definition) is 6. The van der Waals surface area contributed by atoms with Crippen molar-refractivity contribution in [1.82, 2.24) is 4.90 Å². The number of alkyl halides is 6. The molecule has 2 aromatic carbocycles. The van der Waals surface area contributed by atoms with Gasteiger partial charge < -0.3 is 18.9 Å². The second-order valence-corrected chi connectivity index (χ2v) is 8.95. The predicted octanol–water partition coefficient (Wildman–Crippen LogP) is 6.81. The molecule has 0 saturated heterocycles. The maximum atomic E-state index is 13.5. The highest BCUT2D eigenvalue weighted by Crippen LogP contribution is 2.47. The molecule has 1 aliphatic heterocycles. The third kappa shape index (κ3) is 6.31. The Morgan fingerprint density at radius 3 is 1.95 bits per heavy atom. The number of carbonyl (C=O) groups excluding carboxylic acids is 2. The molecule has 0 fully saturated rings. The van der Waals surface area contributed by atoms with Crippen molar-refractivity contribution in [2.45, 2.75) is 51.2 Å². The van der Waals surface area contributed by atoms with Gasteiger partial charge in [-0.05, 0) is 50.1 Å². The van der Waals surface area contributed by atoms with Crippen LogP contribution in [0.5, 0.6) is 11.5 Å². The summed E-state index contributed by atoms with van der Waals surface area (Å²) in [7, 11) is 3.76. The van der Waals surface area contributed by atoms with E-state index in [4.69, 9.17) is 18.9 Å². The third-order valence-corrected chi connectivity index (χ3v) is 6.41. The van der Waals surface area contributed by atoms with E-state index in [9.17, 15) is 35.9 Å². The molecule has 1 aliphatic rings. The largest absolute Gasteiger partial charge is 0.493 e. The molecule has 0 aromatic heterocycles. The van der Waals surface area contributed by atoms with Crippen LogP contribution < -0.4 is 14.4 Å². The molecule has 0 unspecified atom stereocenters. The van der Waals surface area contributed by atoms with Crippen molar-refractivity contribution < 1.29 is 54.9 Å². The molecule has 0 aliphatic carbocycles. The Morgan fingerprint density at radius 1 is 0.925 bits per heavy atom. The zero-order chi connectivity index (χ0) is 30.0. The number of anilines is 1. The van der Waals surface area contributed by atoms with E-state index < -0.39 is 59.9 Å². The van der Waals surface area contributed by atoms with Crippen LogP contribution in [0.4, 0.5) is 41.6 Å². The number of amides is 2. The monoisotopic (exact) mass is 578 g/mol. The molecule has 8 nitrogen and oxygen atoms in total. The minimum absolute atomic E-state index is 0.0122. The fourth-order valence-corrected chi connectivity index (χ4v) is 4.65. The molecule has 0 bridgehead atoms. The number of benzene rings is 2. The SMILES string of the molecule is CCOC(=O)N1c2cc(OC)c(OC)cc2[C@@H](N(Cc2cc(C(F)(F)F)cc(C(F)(F)F)c2)C(=O)OC)C[C@@H]1C. The summed E-state index contributed by atoms with van der Waals surface area (Å²) in [6, 6.07) is 2.52. The molecule has 0 saturated carbocycles. The first-order valence-corrected chi connectivity index (χ1v) is 12.0. The minimum atomic E-state index is -5.07. The van der Waals surface area contributed by atoms with Gasteiger partial charge in [0.2, 0.25) is 0 Å². The lowest BCUT2D eigenvalue weighted by Gasteiger charge is -2.42. The number of halogens is 6. The van der Waals surface area contributed by atoms with Crippen molar-refractivity contribution in [1.29, 1.82) is 0 Å². The number of ether oxygens (including phenoxy) is 4. The first-order valence-electron chi connectivity index (χ1n) is 12.0. The second-order valence-electron chi connectivity index (χ2n) is 8.95. The van der Waals surface area contributed by atoms with E-state index in [-0.39, 0.29) is 36.3 Å². The van der Waals surface area contributed by atoms with E-state index in [0.29, 0.717) is 17.7 Å². The molecule has 0 spiro atoms. The molecule has 3 rings (SSSR count). The van der Waals surface area contributed by atoms with Crippen molar-refractivity contribution in [3.05, 3.63) is 52.6 Å². The smallest absolute Gasteiger partial charge is 0.416 e. The summed E-state index contributed by atoms with van der Waals surface area (Å²) in [6.45, 7) is 2.68. The molecule has 2 amide bonds. The Bertz CT molecular complexity index is 1220. The molecule has 40 heavy (non-hydrogen) atoms. The van der Waals surface area contributed by atoms with E-state index in [0.717, 1.165) is 12.0 Å². The topological polar surface area (TPSA) is 77.5 Å². The lowest BCUT2D eigenvalue weighted by atomic mass is 9.90. The number of rotatable bonds is 6. The summed E-state index contributed by atoms with van der Waals surface area (Å²) in [5, 5.41) is 0. The van der Waals surface area contributed by atoms with E-state index in [1.165, 1.54) is 31.3 Å². The normalized spacial score (nSPS) is 17.1. The first-order chi connectivity index (χ1) is 18.7. The van der Waals surface area contributed by atoms with Gasteiger partial charge in [-0.3, -0.25) is 9.80 Å². The van der Waals surface area contributed by atoms with Gasteiger partial charge in [-0.25, -0.2) is 9.59 Å². The standard InChI is InChI=1S/C26H28F6N2O6/c1-6-40-24(36)34-14(2)7-19(18-11-21(37-3)22(38-4)12-20(18)34)33(23(35)39-5)13-15-8-16(25(27,28)29)10-17(9-15)26(30,31)32/h8-12,14,19H,6-7,13H2,1-5H3/t14-,19-/m0/s1. The van der Waals surface area contributed by atoms with Crippen LogP contribution >= 0.6 is 0 Å². The van der Waals surface area contributed by atoms with Crippen molar-refractivity contribution in [2.24, 2.45) is 0 Å². The Kier molecular flexibility index (Phi) is 9.00.